The topological polar surface area (TPSA) is 21.3 Å². The van der Waals surface area contributed by atoms with Gasteiger partial charge in [0.05, 0.1) is 6.61 Å². The van der Waals surface area contributed by atoms with Crippen LogP contribution in [0.2, 0.25) is 5.02 Å². The summed E-state index contributed by atoms with van der Waals surface area (Å²) in [6, 6.07) is 8.46. The van der Waals surface area contributed by atoms with Gasteiger partial charge in [-0.3, -0.25) is 0 Å². The molecular weight excluding hydrogens is 222 g/mol. The normalized spacial score (nSPS) is 14.8. The Labute approximate surface area is 103 Å². The van der Waals surface area contributed by atoms with Gasteiger partial charge in [-0.2, -0.15) is 0 Å². The molecule has 2 atom stereocenters. The molecule has 0 saturated carbocycles. The van der Waals surface area contributed by atoms with Crippen LogP contribution in [0.3, 0.4) is 0 Å². The van der Waals surface area contributed by atoms with Gasteiger partial charge in [0.15, 0.2) is 0 Å². The van der Waals surface area contributed by atoms with Gasteiger partial charge in [-0.1, -0.05) is 30.7 Å². The second-order valence-electron chi connectivity index (χ2n) is 4.08. The molecule has 0 spiro atoms. The maximum absolute atomic E-state index is 5.98. The van der Waals surface area contributed by atoms with Gasteiger partial charge in [0.25, 0.3) is 0 Å². The van der Waals surface area contributed by atoms with Crippen molar-refractivity contribution >= 4 is 11.6 Å². The van der Waals surface area contributed by atoms with Crippen molar-refractivity contribution < 1.29 is 4.74 Å². The van der Waals surface area contributed by atoms with Crippen LogP contribution in [-0.4, -0.2) is 26.3 Å². The van der Waals surface area contributed by atoms with Crippen LogP contribution in [0.15, 0.2) is 24.3 Å². The van der Waals surface area contributed by atoms with E-state index in [-0.39, 0.29) is 0 Å². The van der Waals surface area contributed by atoms with Gasteiger partial charge >= 0.3 is 0 Å². The van der Waals surface area contributed by atoms with Crippen molar-refractivity contribution in [2.75, 3.05) is 20.3 Å². The molecule has 1 rings (SSSR count). The van der Waals surface area contributed by atoms with Crippen LogP contribution >= 0.6 is 11.6 Å². The SMILES string of the molecule is COCCNC(C)C(C)c1cccc(Cl)c1. The Morgan fingerprint density at radius 3 is 2.75 bits per heavy atom. The van der Waals surface area contributed by atoms with Gasteiger partial charge in [-0.25, -0.2) is 0 Å². The molecule has 0 aromatic heterocycles. The third-order valence-electron chi connectivity index (χ3n) is 2.90. The van der Waals surface area contributed by atoms with E-state index in [2.05, 4.69) is 25.2 Å². The molecule has 3 heteroatoms. The van der Waals surface area contributed by atoms with Gasteiger partial charge in [0, 0.05) is 24.7 Å². The smallest absolute Gasteiger partial charge is 0.0587 e. The molecule has 90 valence electrons. The molecule has 0 radical (unpaired) electrons. The van der Waals surface area contributed by atoms with E-state index in [1.165, 1.54) is 5.56 Å². The summed E-state index contributed by atoms with van der Waals surface area (Å²) < 4.78 is 5.01. The van der Waals surface area contributed by atoms with Crippen LogP contribution in [0.25, 0.3) is 0 Å². The molecule has 0 aliphatic rings. The van der Waals surface area contributed by atoms with E-state index in [1.54, 1.807) is 7.11 Å². The van der Waals surface area contributed by atoms with E-state index in [0.29, 0.717) is 12.0 Å². The zero-order valence-corrected chi connectivity index (χ0v) is 10.9. The summed E-state index contributed by atoms with van der Waals surface area (Å²) in [5.74, 6) is 0.440. The quantitative estimate of drug-likeness (QED) is 0.773. The lowest BCUT2D eigenvalue weighted by Crippen LogP contribution is -2.33. The van der Waals surface area contributed by atoms with E-state index in [1.807, 2.05) is 18.2 Å². The Bertz CT molecular complexity index is 317. The molecule has 2 unspecified atom stereocenters. The minimum Gasteiger partial charge on any atom is -0.383 e. The van der Waals surface area contributed by atoms with Crippen LogP contribution in [0.1, 0.15) is 25.3 Å². The molecule has 0 aliphatic carbocycles. The van der Waals surface area contributed by atoms with Crippen molar-refractivity contribution in [1.29, 1.82) is 0 Å². The van der Waals surface area contributed by atoms with Crippen molar-refractivity contribution in [3.05, 3.63) is 34.9 Å². The standard InChI is InChI=1S/C13H20ClNO/c1-10(11(2)15-7-8-16-3)12-5-4-6-13(14)9-12/h4-6,9-11,15H,7-8H2,1-3H3. The first-order chi connectivity index (χ1) is 7.65. The summed E-state index contributed by atoms with van der Waals surface area (Å²) in [7, 11) is 1.72. The molecule has 16 heavy (non-hydrogen) atoms. The average molecular weight is 242 g/mol. The predicted octanol–water partition coefficient (Wildman–Crippen LogP) is 3.07. The molecular formula is C13H20ClNO. The number of ether oxygens (including phenoxy) is 1. The molecule has 0 bridgehead atoms. The summed E-state index contributed by atoms with van der Waals surface area (Å²) in [5.41, 5.74) is 1.27. The van der Waals surface area contributed by atoms with E-state index >= 15 is 0 Å². The van der Waals surface area contributed by atoms with Crippen LogP contribution in [-0.2, 0) is 4.74 Å². The maximum atomic E-state index is 5.98. The number of halogens is 1. The van der Waals surface area contributed by atoms with Crippen molar-refractivity contribution in [3.63, 3.8) is 0 Å². The molecule has 0 aliphatic heterocycles. The van der Waals surface area contributed by atoms with Gasteiger partial charge < -0.3 is 10.1 Å². The highest BCUT2D eigenvalue weighted by Gasteiger charge is 2.13. The van der Waals surface area contributed by atoms with Crippen molar-refractivity contribution in [2.45, 2.75) is 25.8 Å². The van der Waals surface area contributed by atoms with Crippen molar-refractivity contribution in [1.82, 2.24) is 5.32 Å². The van der Waals surface area contributed by atoms with Gasteiger partial charge in [-0.15, -0.1) is 0 Å². The fraction of sp³-hybridized carbons (Fsp3) is 0.538. The van der Waals surface area contributed by atoms with Gasteiger partial charge in [-0.05, 0) is 30.5 Å². The molecule has 0 amide bonds. The summed E-state index contributed by atoms with van der Waals surface area (Å²) in [6.07, 6.45) is 0. The molecule has 1 N–H and O–H groups in total. The van der Waals surface area contributed by atoms with E-state index in [4.69, 9.17) is 16.3 Å². The first-order valence-corrected chi connectivity index (χ1v) is 6.00. The number of methoxy groups -OCH3 is 1. The first kappa shape index (κ1) is 13.5. The minimum atomic E-state index is 0.411. The highest BCUT2D eigenvalue weighted by Crippen LogP contribution is 2.21. The monoisotopic (exact) mass is 241 g/mol. The molecule has 0 heterocycles. The van der Waals surface area contributed by atoms with E-state index < -0.39 is 0 Å². The highest BCUT2D eigenvalue weighted by molar-refractivity contribution is 6.30. The lowest BCUT2D eigenvalue weighted by molar-refractivity contribution is 0.195. The Morgan fingerprint density at radius 2 is 2.12 bits per heavy atom. The summed E-state index contributed by atoms with van der Waals surface area (Å²) in [4.78, 5) is 0. The maximum Gasteiger partial charge on any atom is 0.0587 e. The average Bonchev–Trinajstić information content (AvgIpc) is 2.28. The zero-order valence-electron chi connectivity index (χ0n) is 10.2. The Hall–Kier alpha value is -0.570. The molecule has 0 saturated heterocycles. The van der Waals surface area contributed by atoms with Crippen LogP contribution in [0.5, 0.6) is 0 Å². The van der Waals surface area contributed by atoms with Crippen molar-refractivity contribution in [2.24, 2.45) is 0 Å². The van der Waals surface area contributed by atoms with E-state index in [9.17, 15) is 0 Å². The summed E-state index contributed by atoms with van der Waals surface area (Å²) in [6.45, 7) is 6.01. The Morgan fingerprint density at radius 1 is 1.38 bits per heavy atom. The van der Waals surface area contributed by atoms with Gasteiger partial charge in [0.1, 0.15) is 0 Å². The number of rotatable bonds is 6. The van der Waals surface area contributed by atoms with Gasteiger partial charge in [0.2, 0.25) is 0 Å². The largest absolute Gasteiger partial charge is 0.383 e. The second-order valence-corrected chi connectivity index (χ2v) is 4.52. The lowest BCUT2D eigenvalue weighted by Gasteiger charge is -2.21. The summed E-state index contributed by atoms with van der Waals surface area (Å²) in [5, 5.41) is 4.23. The number of hydrogen-bond acceptors (Lipinski definition) is 2. The molecule has 2 nitrogen and oxygen atoms in total. The van der Waals surface area contributed by atoms with Crippen LogP contribution in [0.4, 0.5) is 0 Å². The van der Waals surface area contributed by atoms with Crippen molar-refractivity contribution in [3.8, 4) is 0 Å². The lowest BCUT2D eigenvalue weighted by atomic mass is 9.94. The number of hydrogen-bond donors (Lipinski definition) is 1. The third-order valence-corrected chi connectivity index (χ3v) is 3.13. The highest BCUT2D eigenvalue weighted by atomic mass is 35.5. The number of benzene rings is 1. The Kier molecular flexibility index (Phi) is 5.81. The minimum absolute atomic E-state index is 0.411. The van der Waals surface area contributed by atoms with Crippen LogP contribution < -0.4 is 5.32 Å². The summed E-state index contributed by atoms with van der Waals surface area (Å²) >= 11 is 5.98. The van der Waals surface area contributed by atoms with E-state index in [0.717, 1.165) is 18.2 Å². The molecule has 1 aromatic rings. The fourth-order valence-corrected chi connectivity index (χ4v) is 1.84. The molecule has 0 fully saturated rings. The third kappa shape index (κ3) is 4.12. The zero-order chi connectivity index (χ0) is 12.0. The first-order valence-electron chi connectivity index (χ1n) is 5.63. The number of nitrogens with one attached hydrogen (secondary N) is 1. The fourth-order valence-electron chi connectivity index (χ4n) is 1.64. The molecule has 1 aromatic carbocycles. The Balaban J connectivity index is 2.52. The predicted molar refractivity (Wildman–Crippen MR) is 69.2 cm³/mol. The van der Waals surface area contributed by atoms with Crippen LogP contribution in [0, 0.1) is 0 Å². The second kappa shape index (κ2) is 6.89.